The average molecular weight is 242 g/mol. The SMILES string of the molecule is CCN(CCC(NC)C(=O)O)C1CCCCC1. The summed E-state index contributed by atoms with van der Waals surface area (Å²) in [6.07, 6.45) is 7.28. The van der Waals surface area contributed by atoms with Crippen LogP contribution in [0.4, 0.5) is 0 Å². The first-order valence-corrected chi connectivity index (χ1v) is 6.83. The van der Waals surface area contributed by atoms with Crippen LogP contribution < -0.4 is 5.32 Å². The third kappa shape index (κ3) is 4.64. The monoisotopic (exact) mass is 242 g/mol. The van der Waals surface area contributed by atoms with Crippen molar-refractivity contribution in [2.75, 3.05) is 20.1 Å². The lowest BCUT2D eigenvalue weighted by molar-refractivity contribution is -0.139. The first kappa shape index (κ1) is 14.5. The van der Waals surface area contributed by atoms with Crippen LogP contribution in [0.5, 0.6) is 0 Å². The van der Waals surface area contributed by atoms with Crippen molar-refractivity contribution in [1.82, 2.24) is 10.2 Å². The lowest BCUT2D eigenvalue weighted by Gasteiger charge is -2.34. The molecule has 0 radical (unpaired) electrons. The van der Waals surface area contributed by atoms with Crippen molar-refractivity contribution in [2.24, 2.45) is 0 Å². The molecule has 1 unspecified atom stereocenters. The van der Waals surface area contributed by atoms with Crippen molar-refractivity contribution < 1.29 is 9.90 Å². The third-order valence-electron chi connectivity index (χ3n) is 3.85. The van der Waals surface area contributed by atoms with Crippen LogP contribution in [0.2, 0.25) is 0 Å². The number of carboxylic acids is 1. The zero-order valence-electron chi connectivity index (χ0n) is 11.1. The minimum atomic E-state index is -0.743. The number of hydrogen-bond acceptors (Lipinski definition) is 3. The predicted octanol–water partition coefficient (Wildman–Crippen LogP) is 1.70. The summed E-state index contributed by atoms with van der Waals surface area (Å²) < 4.78 is 0. The predicted molar refractivity (Wildman–Crippen MR) is 69.2 cm³/mol. The Bertz CT molecular complexity index is 227. The topological polar surface area (TPSA) is 52.6 Å². The summed E-state index contributed by atoms with van der Waals surface area (Å²) in [4.78, 5) is 13.4. The lowest BCUT2D eigenvalue weighted by Crippen LogP contribution is -2.42. The van der Waals surface area contributed by atoms with Crippen LogP contribution in [0.1, 0.15) is 45.4 Å². The maximum Gasteiger partial charge on any atom is 0.320 e. The Balaban J connectivity index is 2.37. The summed E-state index contributed by atoms with van der Waals surface area (Å²) >= 11 is 0. The number of rotatable bonds is 7. The molecule has 1 atom stereocenters. The van der Waals surface area contributed by atoms with Gasteiger partial charge in [-0.3, -0.25) is 4.79 Å². The van der Waals surface area contributed by atoms with Gasteiger partial charge in [-0.1, -0.05) is 26.2 Å². The molecule has 0 aromatic rings. The van der Waals surface area contributed by atoms with Crippen molar-refractivity contribution in [3.8, 4) is 0 Å². The van der Waals surface area contributed by atoms with E-state index in [4.69, 9.17) is 5.11 Å². The van der Waals surface area contributed by atoms with Gasteiger partial charge in [-0.2, -0.15) is 0 Å². The quantitative estimate of drug-likeness (QED) is 0.713. The molecule has 0 bridgehead atoms. The van der Waals surface area contributed by atoms with E-state index >= 15 is 0 Å². The highest BCUT2D eigenvalue weighted by molar-refractivity contribution is 5.73. The van der Waals surface area contributed by atoms with E-state index in [2.05, 4.69) is 17.1 Å². The van der Waals surface area contributed by atoms with Gasteiger partial charge in [0, 0.05) is 12.6 Å². The Labute approximate surface area is 104 Å². The Morgan fingerprint density at radius 3 is 2.53 bits per heavy atom. The number of nitrogens with one attached hydrogen (secondary N) is 1. The summed E-state index contributed by atoms with van der Waals surface area (Å²) in [5.41, 5.74) is 0. The number of carboxylic acid groups (broad SMARTS) is 1. The molecule has 0 aliphatic heterocycles. The molecule has 0 aromatic heterocycles. The van der Waals surface area contributed by atoms with E-state index < -0.39 is 12.0 Å². The summed E-state index contributed by atoms with van der Waals surface area (Å²) in [5, 5.41) is 11.8. The summed E-state index contributed by atoms with van der Waals surface area (Å²) in [6, 6.07) is 0.271. The molecule has 17 heavy (non-hydrogen) atoms. The van der Waals surface area contributed by atoms with Gasteiger partial charge in [-0.15, -0.1) is 0 Å². The van der Waals surface area contributed by atoms with Crippen molar-refractivity contribution in [2.45, 2.75) is 57.5 Å². The van der Waals surface area contributed by atoms with E-state index in [0.717, 1.165) is 13.1 Å². The second-order valence-electron chi connectivity index (χ2n) is 4.89. The Morgan fingerprint density at radius 2 is 2.06 bits per heavy atom. The fraction of sp³-hybridized carbons (Fsp3) is 0.923. The van der Waals surface area contributed by atoms with Gasteiger partial charge in [0.2, 0.25) is 0 Å². The lowest BCUT2D eigenvalue weighted by atomic mass is 9.94. The molecule has 4 heteroatoms. The highest BCUT2D eigenvalue weighted by Gasteiger charge is 2.22. The highest BCUT2D eigenvalue weighted by Crippen LogP contribution is 2.22. The van der Waals surface area contributed by atoms with Crippen molar-refractivity contribution in [1.29, 1.82) is 0 Å². The van der Waals surface area contributed by atoms with E-state index in [-0.39, 0.29) is 0 Å². The van der Waals surface area contributed by atoms with Gasteiger partial charge < -0.3 is 15.3 Å². The van der Waals surface area contributed by atoms with Crippen LogP contribution >= 0.6 is 0 Å². The van der Waals surface area contributed by atoms with Gasteiger partial charge >= 0.3 is 5.97 Å². The number of aliphatic carboxylic acids is 1. The number of likely N-dealkylation sites (N-methyl/N-ethyl adjacent to an activating group) is 1. The molecule has 1 aliphatic rings. The number of hydrogen-bond donors (Lipinski definition) is 2. The second-order valence-corrected chi connectivity index (χ2v) is 4.89. The number of carbonyl (C=O) groups is 1. The van der Waals surface area contributed by atoms with Crippen molar-refractivity contribution in [3.05, 3.63) is 0 Å². The van der Waals surface area contributed by atoms with Gasteiger partial charge in [-0.25, -0.2) is 0 Å². The maximum atomic E-state index is 10.9. The van der Waals surface area contributed by atoms with E-state index in [1.807, 2.05) is 0 Å². The summed E-state index contributed by atoms with van der Waals surface area (Å²) in [6.45, 7) is 4.09. The standard InChI is InChI=1S/C13H26N2O2/c1-3-15(11-7-5-4-6-8-11)10-9-12(14-2)13(16)17/h11-12,14H,3-10H2,1-2H3,(H,16,17). The molecule has 4 nitrogen and oxygen atoms in total. The highest BCUT2D eigenvalue weighted by atomic mass is 16.4. The van der Waals surface area contributed by atoms with Crippen LogP contribution in [0.3, 0.4) is 0 Å². The zero-order valence-corrected chi connectivity index (χ0v) is 11.1. The van der Waals surface area contributed by atoms with E-state index in [1.54, 1.807) is 7.05 Å². The van der Waals surface area contributed by atoms with E-state index in [9.17, 15) is 4.79 Å². The zero-order chi connectivity index (χ0) is 12.7. The van der Waals surface area contributed by atoms with E-state index in [0.29, 0.717) is 12.5 Å². The molecular formula is C13H26N2O2. The first-order chi connectivity index (χ1) is 8.19. The van der Waals surface area contributed by atoms with Crippen LogP contribution in [0, 0.1) is 0 Å². The van der Waals surface area contributed by atoms with Gasteiger partial charge in [0.1, 0.15) is 6.04 Å². The molecule has 0 aromatic carbocycles. The Hall–Kier alpha value is -0.610. The fourth-order valence-corrected chi connectivity index (χ4v) is 2.73. The average Bonchev–Trinajstić information content (AvgIpc) is 2.35. The molecule has 1 fully saturated rings. The third-order valence-corrected chi connectivity index (χ3v) is 3.85. The normalized spacial score (nSPS) is 19.5. The van der Waals surface area contributed by atoms with Gasteiger partial charge in [0.15, 0.2) is 0 Å². The van der Waals surface area contributed by atoms with Crippen molar-refractivity contribution >= 4 is 5.97 Å². The molecule has 0 heterocycles. The second kappa shape index (κ2) is 7.67. The minimum absolute atomic E-state index is 0.410. The summed E-state index contributed by atoms with van der Waals surface area (Å²) in [7, 11) is 1.72. The fourth-order valence-electron chi connectivity index (χ4n) is 2.73. The Kier molecular flexibility index (Phi) is 6.52. The van der Waals surface area contributed by atoms with Gasteiger partial charge in [0.05, 0.1) is 0 Å². The molecular weight excluding hydrogens is 216 g/mol. The van der Waals surface area contributed by atoms with Crippen LogP contribution in [-0.2, 0) is 4.79 Å². The van der Waals surface area contributed by atoms with Crippen molar-refractivity contribution in [3.63, 3.8) is 0 Å². The molecule has 1 rings (SSSR count). The minimum Gasteiger partial charge on any atom is -0.480 e. The first-order valence-electron chi connectivity index (χ1n) is 6.83. The molecule has 0 amide bonds. The van der Waals surface area contributed by atoms with Gasteiger partial charge in [0.25, 0.3) is 0 Å². The molecule has 2 N–H and O–H groups in total. The largest absolute Gasteiger partial charge is 0.480 e. The maximum absolute atomic E-state index is 10.9. The molecule has 0 saturated heterocycles. The van der Waals surface area contributed by atoms with Crippen LogP contribution in [0.25, 0.3) is 0 Å². The molecule has 1 aliphatic carbocycles. The summed E-state index contributed by atoms with van der Waals surface area (Å²) in [5.74, 6) is -0.743. The molecule has 0 spiro atoms. The number of nitrogens with zero attached hydrogens (tertiary/aromatic N) is 1. The Morgan fingerprint density at radius 1 is 1.41 bits per heavy atom. The van der Waals surface area contributed by atoms with Gasteiger partial charge in [-0.05, 0) is 32.9 Å². The molecule has 1 saturated carbocycles. The van der Waals surface area contributed by atoms with Crippen LogP contribution in [-0.4, -0.2) is 48.2 Å². The molecule has 100 valence electrons. The van der Waals surface area contributed by atoms with E-state index in [1.165, 1.54) is 32.1 Å². The van der Waals surface area contributed by atoms with Crippen LogP contribution in [0.15, 0.2) is 0 Å². The smallest absolute Gasteiger partial charge is 0.320 e.